The van der Waals surface area contributed by atoms with E-state index in [-0.39, 0.29) is 126 Å². The number of pyridine rings is 3. The highest BCUT2D eigenvalue weighted by atomic mass is 19.4. The molecule has 28 nitrogen and oxygen atoms in total. The number of aromatic nitrogens is 17. The van der Waals surface area contributed by atoms with Gasteiger partial charge in [-0.15, -0.1) is 0 Å². The van der Waals surface area contributed by atoms with Crippen LogP contribution in [0.2, 0.25) is 0 Å². The van der Waals surface area contributed by atoms with Gasteiger partial charge in [0.05, 0.1) is 72.7 Å². The quantitative estimate of drug-likeness (QED) is 0.0293. The highest BCUT2D eigenvalue weighted by Gasteiger charge is 2.36. The smallest absolute Gasteiger partial charge is 0.416 e. The lowest BCUT2D eigenvalue weighted by molar-refractivity contribution is -0.138. The Morgan fingerprint density at radius 1 is 0.530 bits per heavy atom. The monoisotopic (exact) mass is 1570 g/mol. The summed E-state index contributed by atoms with van der Waals surface area (Å²) in [6.07, 6.45) is 9.32. The predicted octanol–water partition coefficient (Wildman–Crippen LogP) is 14.2. The van der Waals surface area contributed by atoms with Crippen LogP contribution in [0.4, 0.5) is 36.4 Å². The lowest BCUT2D eigenvalue weighted by Gasteiger charge is -2.25. The number of ether oxygens (including phenoxy) is 2. The molecule has 0 unspecified atom stereocenters. The molecular weight excluding hydrogens is 1500 g/mol. The van der Waals surface area contributed by atoms with Crippen LogP contribution in [0, 0.1) is 23.3 Å². The van der Waals surface area contributed by atoms with Gasteiger partial charge in [-0.25, -0.2) is 47.5 Å². The summed E-state index contributed by atoms with van der Waals surface area (Å²) >= 11 is 0. The Kier molecular flexibility index (Phi) is 19.9. The number of carbonyl (C=O) groups excluding carboxylic acids is 4. The summed E-state index contributed by atoms with van der Waals surface area (Å²) in [5, 5.41) is 28.3. The maximum Gasteiger partial charge on any atom is 0.416 e. The molecule has 115 heavy (non-hydrogen) atoms. The molecule has 35 heteroatoms. The molecule has 15 aromatic rings. The van der Waals surface area contributed by atoms with Crippen LogP contribution in [-0.2, 0) is 48.1 Å². The minimum absolute atomic E-state index is 0.0318. The number of hydrogen-bond donors (Lipinski definition) is 7. The van der Waals surface area contributed by atoms with Crippen molar-refractivity contribution in [3.63, 3.8) is 0 Å². The van der Waals surface area contributed by atoms with E-state index < -0.39 is 88.6 Å². The minimum Gasteiger partial charge on any atom is -0.496 e. The van der Waals surface area contributed by atoms with Crippen LogP contribution in [-0.4, -0.2) is 122 Å². The van der Waals surface area contributed by atoms with Crippen molar-refractivity contribution >= 4 is 62.8 Å². The lowest BCUT2D eigenvalue weighted by Crippen LogP contribution is -2.40. The summed E-state index contributed by atoms with van der Waals surface area (Å²) in [4.78, 5) is 97.2. The molecule has 15 rings (SSSR count). The molecule has 0 fully saturated rings. The first-order chi connectivity index (χ1) is 55.0. The van der Waals surface area contributed by atoms with Crippen LogP contribution in [0.15, 0.2) is 157 Å². The largest absolute Gasteiger partial charge is 0.496 e. The molecule has 5 aromatic carbocycles. The Balaban J connectivity index is 0.719. The Morgan fingerprint density at radius 2 is 1.09 bits per heavy atom. The van der Waals surface area contributed by atoms with Crippen molar-refractivity contribution < 1.29 is 63.9 Å². The van der Waals surface area contributed by atoms with Gasteiger partial charge in [-0.05, 0) is 117 Å². The lowest BCUT2D eigenvalue weighted by atomic mass is 9.96. The number of carbonyl (C=O) groups is 4. The van der Waals surface area contributed by atoms with Gasteiger partial charge in [-0.1, -0.05) is 50.2 Å². The molecule has 584 valence electrons. The fraction of sp³-hybridized carbons (Fsp3) is 0.212. The van der Waals surface area contributed by atoms with Crippen molar-refractivity contribution in [1.29, 1.82) is 0 Å². The molecule has 10 aromatic heterocycles. The summed E-state index contributed by atoms with van der Waals surface area (Å²) in [7, 11) is 2.65. The average Bonchev–Trinajstić information content (AvgIpc) is 1.73. The zero-order chi connectivity index (χ0) is 81.1. The van der Waals surface area contributed by atoms with Crippen molar-refractivity contribution in [3.05, 3.63) is 227 Å². The maximum absolute atomic E-state index is 17.0. The molecule has 0 saturated heterocycles. The van der Waals surface area contributed by atoms with Gasteiger partial charge in [0.25, 0.3) is 17.7 Å². The molecule has 0 spiro atoms. The number of nitrogens with one attached hydrogen (secondary N) is 7. The fourth-order valence-electron chi connectivity index (χ4n) is 13.0. The van der Waals surface area contributed by atoms with Crippen LogP contribution >= 0.6 is 0 Å². The average molecular weight is 1570 g/mol. The summed E-state index contributed by atoms with van der Waals surface area (Å²) in [5.41, 5.74) is 1.78. The van der Waals surface area contributed by atoms with Crippen LogP contribution in [0.25, 0.3) is 101 Å². The topological polar surface area (TPSA) is 352 Å². The highest BCUT2D eigenvalue weighted by molar-refractivity contribution is 6.04. The van der Waals surface area contributed by atoms with Crippen molar-refractivity contribution in [1.82, 2.24) is 100 Å². The number of halogens is 7. The highest BCUT2D eigenvalue weighted by Crippen LogP contribution is 2.41. The molecule has 0 aliphatic carbocycles. The molecule has 0 bridgehead atoms. The molecule has 10 heterocycles. The van der Waals surface area contributed by atoms with Crippen LogP contribution in [0.1, 0.15) is 120 Å². The van der Waals surface area contributed by atoms with Crippen LogP contribution in [0.5, 0.6) is 11.5 Å². The van der Waals surface area contributed by atoms with E-state index in [9.17, 15) is 36.3 Å². The van der Waals surface area contributed by atoms with Gasteiger partial charge >= 0.3 is 18.0 Å². The van der Waals surface area contributed by atoms with Gasteiger partial charge in [0.15, 0.2) is 22.8 Å². The second kappa shape index (κ2) is 30.1. The standard InChI is InChI=1S/C80H68F7N21O7/c1-39(2)107-37-47(33-95-107)67-100-65-62(41-11-13-43(57(83)23-41)29-91-72(109)54-25-49(81)14-16-60(54)113-8)45(31-90-71(65)103-67)35-106-36-46(32-94-106)66-99-64-52(19-21-89-70(64)101-66)53-27-58(84)44(30-92-73(110)55-26-50(82)15-17-61(55)114-9)24-59(53)97-77(112)79(6,7)108-38-48(34-96-108)68-98-63-51(18-20-88-69(63)102-68)40-10-12-42(56(22-40)80(85,86)87)28-93-74(111)75-104-76(105-115-75)78(3,4)5/h10-27,31-34,36-39H,28-30,35H2,1-9H3,(H,91,109)(H,92,110)(H,93,111)(H,97,112)(H,88,98,102)(H,89,99,101)(H,90,100,103). The maximum atomic E-state index is 17.0. The van der Waals surface area contributed by atoms with Gasteiger partial charge < -0.3 is 50.2 Å². The number of benzene rings is 5. The van der Waals surface area contributed by atoms with E-state index >= 15 is 13.6 Å². The number of fused-ring (bicyclic) bond motifs is 3. The second-order valence-electron chi connectivity index (χ2n) is 28.7. The van der Waals surface area contributed by atoms with E-state index in [1.807, 2.05) is 20.0 Å². The fourth-order valence-corrected chi connectivity index (χ4v) is 13.0. The third-order valence-electron chi connectivity index (χ3n) is 19.2. The SMILES string of the molecule is COc1ccc(F)cc1C(=O)NCc1ccc(-c2c(Cn3cc(-c4nc5c(-c6cc(F)c(CNC(=O)c7cc(F)ccc7OC)cc6NC(=O)C(C)(C)n6cc(-c7nc8c(-c9ccc(CNC(=O)c%10nc(C(C)(C)C)no%10)c(C(F)(F)F)c9)ccnc8[nH]7)cn6)ccnc5[nH]4)cn3)cnc3[nH]c(-c4cnn(C(C)C)c4)nc23)cc1F. The third-order valence-corrected chi connectivity index (χ3v) is 19.2. The molecular formula is C80H68F7N21O7. The number of hydrogen-bond acceptors (Lipinski definition) is 18. The number of alkyl halides is 3. The van der Waals surface area contributed by atoms with Gasteiger partial charge in [0, 0.05) is 113 Å². The predicted molar refractivity (Wildman–Crippen MR) is 406 cm³/mol. The van der Waals surface area contributed by atoms with E-state index in [4.69, 9.17) is 39.0 Å². The summed E-state index contributed by atoms with van der Waals surface area (Å²) in [5.74, 6) is -4.98. The minimum atomic E-state index is -4.86. The van der Waals surface area contributed by atoms with Gasteiger partial charge in [-0.2, -0.15) is 33.5 Å². The second-order valence-corrected chi connectivity index (χ2v) is 28.7. The first kappa shape index (κ1) is 76.1. The first-order valence-electron chi connectivity index (χ1n) is 35.7. The zero-order valence-electron chi connectivity index (χ0n) is 62.6. The Bertz CT molecular complexity index is 6340. The number of nitrogens with zero attached hydrogens (tertiary/aromatic N) is 14. The molecule has 4 amide bonds. The van der Waals surface area contributed by atoms with E-state index in [1.165, 1.54) is 92.2 Å². The Labute approximate surface area is 647 Å². The van der Waals surface area contributed by atoms with Crippen molar-refractivity contribution in [2.45, 2.75) is 97.8 Å². The summed E-state index contributed by atoms with van der Waals surface area (Å²) in [6.45, 7) is 11.3. The number of rotatable bonds is 23. The van der Waals surface area contributed by atoms with E-state index in [1.54, 1.807) is 80.9 Å². The zero-order valence-corrected chi connectivity index (χ0v) is 62.6. The molecule has 0 atom stereocenters. The number of anilines is 1. The van der Waals surface area contributed by atoms with Gasteiger partial charge in [-0.3, -0.25) is 33.2 Å². The molecule has 7 N–H and O–H groups in total. The first-order valence-corrected chi connectivity index (χ1v) is 35.7. The Morgan fingerprint density at radius 3 is 1.70 bits per heavy atom. The number of methoxy groups -OCH3 is 2. The van der Waals surface area contributed by atoms with Gasteiger partial charge in [0.2, 0.25) is 0 Å². The number of amides is 4. The van der Waals surface area contributed by atoms with E-state index in [0.717, 1.165) is 36.4 Å². The summed E-state index contributed by atoms with van der Waals surface area (Å²) < 4.78 is 127. The molecule has 0 aliphatic heterocycles. The normalized spacial score (nSPS) is 12.0. The van der Waals surface area contributed by atoms with Gasteiger partial charge in [0.1, 0.15) is 74.3 Å². The number of aromatic amines is 3. The van der Waals surface area contributed by atoms with E-state index in [2.05, 4.69) is 66.5 Å². The third kappa shape index (κ3) is 15.3. The molecule has 0 aliphatic rings. The van der Waals surface area contributed by atoms with Crippen molar-refractivity contribution in [2.24, 2.45) is 0 Å². The number of imidazole rings is 3. The van der Waals surface area contributed by atoms with Crippen molar-refractivity contribution in [2.75, 3.05) is 19.5 Å². The van der Waals surface area contributed by atoms with Crippen molar-refractivity contribution in [3.8, 4) is 79.0 Å². The van der Waals surface area contributed by atoms with E-state index in [0.29, 0.717) is 50.4 Å². The van der Waals surface area contributed by atoms with Crippen LogP contribution < -0.4 is 30.7 Å². The van der Waals surface area contributed by atoms with Crippen LogP contribution in [0.3, 0.4) is 0 Å². The number of H-pyrrole nitrogens is 3. The Hall–Kier alpha value is -14.3. The molecule has 0 saturated carbocycles. The molecule has 0 radical (unpaired) electrons. The summed E-state index contributed by atoms with van der Waals surface area (Å²) in [6, 6.07) is 20.7.